The van der Waals surface area contributed by atoms with Crippen molar-refractivity contribution < 1.29 is 4.79 Å². The Kier molecular flexibility index (Phi) is 4.30. The van der Waals surface area contributed by atoms with E-state index >= 15 is 0 Å². The Labute approximate surface area is 117 Å². The minimum atomic E-state index is -0.302. The topological polar surface area (TPSA) is 90.1 Å². The number of amides is 1. The summed E-state index contributed by atoms with van der Waals surface area (Å²) in [6.45, 7) is 0. The lowest BCUT2D eigenvalue weighted by Crippen LogP contribution is -2.20. The van der Waals surface area contributed by atoms with Crippen molar-refractivity contribution in [3.05, 3.63) is 56.4 Å². The van der Waals surface area contributed by atoms with Crippen molar-refractivity contribution in [2.75, 3.05) is 0 Å². The molecule has 0 bridgehead atoms. The predicted molar refractivity (Wildman–Crippen MR) is 75.0 cm³/mol. The van der Waals surface area contributed by atoms with Gasteiger partial charge in [0, 0.05) is 16.2 Å². The first kappa shape index (κ1) is 13.3. The zero-order valence-electron chi connectivity index (χ0n) is 9.81. The largest absolute Gasteiger partial charge is 0.302 e. The number of hydrogen-bond acceptors (Lipinski definition) is 3. The molecule has 0 atom stereocenters. The molecule has 1 aromatic heterocycles. The van der Waals surface area contributed by atoms with Crippen LogP contribution in [0.2, 0.25) is 0 Å². The summed E-state index contributed by atoms with van der Waals surface area (Å²) >= 11 is 3.33. The quantitative estimate of drug-likeness (QED) is 0.582. The molecule has 0 aliphatic carbocycles. The van der Waals surface area contributed by atoms with Crippen LogP contribution < -0.4 is 11.0 Å². The van der Waals surface area contributed by atoms with Crippen molar-refractivity contribution in [1.29, 1.82) is 0 Å². The number of H-pyrrole nitrogens is 2. The van der Waals surface area contributed by atoms with Crippen LogP contribution in [0, 0.1) is 0 Å². The minimum absolute atomic E-state index is 0.0659. The van der Waals surface area contributed by atoms with E-state index in [0.29, 0.717) is 5.69 Å². The van der Waals surface area contributed by atoms with E-state index < -0.39 is 0 Å². The van der Waals surface area contributed by atoms with Crippen LogP contribution in [0.4, 0.5) is 0 Å². The highest BCUT2D eigenvalue weighted by molar-refractivity contribution is 9.10. The highest BCUT2D eigenvalue weighted by atomic mass is 79.9. The summed E-state index contributed by atoms with van der Waals surface area (Å²) in [5.74, 6) is -0.302. The Balaban J connectivity index is 1.86. The SMILES string of the molecule is O=C(Cc1cc(=O)[nH][nH]1)N/N=C/c1ccc(Br)cc1. The number of nitrogens with zero attached hydrogens (tertiary/aromatic N) is 1. The van der Waals surface area contributed by atoms with E-state index in [0.717, 1.165) is 10.0 Å². The van der Waals surface area contributed by atoms with Gasteiger partial charge in [-0.15, -0.1) is 0 Å². The van der Waals surface area contributed by atoms with E-state index in [1.54, 1.807) is 6.21 Å². The van der Waals surface area contributed by atoms with Gasteiger partial charge in [-0.3, -0.25) is 14.7 Å². The number of carbonyl (C=O) groups excluding carboxylic acids is 1. The van der Waals surface area contributed by atoms with Gasteiger partial charge in [-0.1, -0.05) is 28.1 Å². The normalized spacial score (nSPS) is 10.8. The van der Waals surface area contributed by atoms with Crippen molar-refractivity contribution in [3.8, 4) is 0 Å². The molecule has 6 nitrogen and oxygen atoms in total. The molecule has 0 spiro atoms. The number of benzene rings is 1. The van der Waals surface area contributed by atoms with Gasteiger partial charge in [-0.25, -0.2) is 5.43 Å². The lowest BCUT2D eigenvalue weighted by Gasteiger charge is -1.97. The van der Waals surface area contributed by atoms with Crippen molar-refractivity contribution in [3.63, 3.8) is 0 Å². The molecule has 2 rings (SSSR count). The Hall–Kier alpha value is -2.15. The van der Waals surface area contributed by atoms with Crippen molar-refractivity contribution in [2.45, 2.75) is 6.42 Å². The first-order valence-corrected chi connectivity index (χ1v) is 6.27. The Bertz CT molecular complexity index is 642. The molecule has 1 amide bonds. The lowest BCUT2D eigenvalue weighted by atomic mass is 10.2. The zero-order chi connectivity index (χ0) is 13.7. The maximum atomic E-state index is 11.5. The third kappa shape index (κ3) is 4.22. The van der Waals surface area contributed by atoms with Gasteiger partial charge in [-0.2, -0.15) is 5.10 Å². The minimum Gasteiger partial charge on any atom is -0.302 e. The van der Waals surface area contributed by atoms with Crippen molar-refractivity contribution >= 4 is 28.1 Å². The molecule has 0 unspecified atom stereocenters. The average molecular weight is 323 g/mol. The van der Waals surface area contributed by atoms with Gasteiger partial charge in [-0.05, 0) is 17.7 Å². The molecule has 1 aromatic carbocycles. The van der Waals surface area contributed by atoms with Crippen molar-refractivity contribution in [2.24, 2.45) is 5.10 Å². The molecule has 0 saturated carbocycles. The number of hydrazone groups is 1. The fraction of sp³-hybridized carbons (Fsp3) is 0.0833. The summed E-state index contributed by atoms with van der Waals surface area (Å²) in [6.07, 6.45) is 1.61. The second-order valence-corrected chi connectivity index (χ2v) is 4.72. The van der Waals surface area contributed by atoms with Crippen LogP contribution in [0.15, 0.2) is 44.7 Å². The first-order chi connectivity index (χ1) is 9.13. The molecule has 0 aliphatic rings. The Morgan fingerprint density at radius 3 is 2.68 bits per heavy atom. The van der Waals surface area contributed by atoms with Crippen LogP contribution in [-0.2, 0) is 11.2 Å². The van der Waals surface area contributed by atoms with Gasteiger partial charge in [0.15, 0.2) is 0 Å². The van der Waals surface area contributed by atoms with Crippen LogP contribution in [-0.4, -0.2) is 22.3 Å². The zero-order valence-corrected chi connectivity index (χ0v) is 11.4. The summed E-state index contributed by atoms with van der Waals surface area (Å²) in [7, 11) is 0. The van der Waals surface area contributed by atoms with Gasteiger partial charge in [0.25, 0.3) is 5.56 Å². The molecular weight excluding hydrogens is 312 g/mol. The molecule has 0 radical (unpaired) electrons. The van der Waals surface area contributed by atoms with Gasteiger partial charge in [0.05, 0.1) is 12.6 Å². The number of hydrogen-bond donors (Lipinski definition) is 3. The second kappa shape index (κ2) is 6.14. The van der Waals surface area contributed by atoms with E-state index in [9.17, 15) is 9.59 Å². The standard InChI is InChI=1S/C12H11BrN4O2/c13-9-3-1-8(2-4-9)7-14-16-11(18)5-10-6-12(19)17-15-10/h1-4,6-7H,5H2,(H,16,18)(H2,15,17,19)/b14-7+. The van der Waals surface area contributed by atoms with Crippen LogP contribution in [0.3, 0.4) is 0 Å². The molecular formula is C12H11BrN4O2. The monoisotopic (exact) mass is 322 g/mol. The lowest BCUT2D eigenvalue weighted by molar-refractivity contribution is -0.120. The van der Waals surface area contributed by atoms with Crippen LogP contribution in [0.5, 0.6) is 0 Å². The van der Waals surface area contributed by atoms with Crippen LogP contribution >= 0.6 is 15.9 Å². The predicted octanol–water partition coefficient (Wildman–Crippen LogP) is 1.16. The molecule has 98 valence electrons. The highest BCUT2D eigenvalue weighted by Crippen LogP contribution is 2.08. The third-order valence-electron chi connectivity index (χ3n) is 2.28. The van der Waals surface area contributed by atoms with Gasteiger partial charge in [0.2, 0.25) is 5.91 Å². The maximum absolute atomic E-state index is 11.5. The Morgan fingerprint density at radius 2 is 2.05 bits per heavy atom. The molecule has 7 heteroatoms. The number of nitrogens with one attached hydrogen (secondary N) is 3. The Morgan fingerprint density at radius 1 is 1.32 bits per heavy atom. The number of halogens is 1. The number of aromatic nitrogens is 2. The highest BCUT2D eigenvalue weighted by Gasteiger charge is 2.03. The summed E-state index contributed by atoms with van der Waals surface area (Å²) in [4.78, 5) is 22.3. The molecule has 0 aliphatic heterocycles. The van der Waals surface area contributed by atoms with Crippen molar-refractivity contribution in [1.82, 2.24) is 15.6 Å². The molecule has 1 heterocycles. The number of rotatable bonds is 4. The smallest absolute Gasteiger partial charge is 0.264 e. The fourth-order valence-electron chi connectivity index (χ4n) is 1.41. The summed E-state index contributed by atoms with van der Waals surface area (Å²) in [5.41, 5.74) is 3.51. The summed E-state index contributed by atoms with van der Waals surface area (Å²) in [5, 5.41) is 8.79. The third-order valence-corrected chi connectivity index (χ3v) is 2.80. The van der Waals surface area contributed by atoms with E-state index in [1.807, 2.05) is 24.3 Å². The summed E-state index contributed by atoms with van der Waals surface area (Å²) in [6, 6.07) is 8.83. The van der Waals surface area contributed by atoms with Gasteiger partial charge >= 0.3 is 0 Å². The summed E-state index contributed by atoms with van der Waals surface area (Å²) < 4.78 is 0.977. The number of carbonyl (C=O) groups is 1. The molecule has 0 fully saturated rings. The number of aromatic amines is 2. The van der Waals surface area contributed by atoms with E-state index in [-0.39, 0.29) is 17.9 Å². The van der Waals surface area contributed by atoms with E-state index in [4.69, 9.17) is 0 Å². The molecule has 19 heavy (non-hydrogen) atoms. The first-order valence-electron chi connectivity index (χ1n) is 5.47. The van der Waals surface area contributed by atoms with E-state index in [1.165, 1.54) is 6.07 Å². The maximum Gasteiger partial charge on any atom is 0.264 e. The van der Waals surface area contributed by atoms with Crippen LogP contribution in [0.25, 0.3) is 0 Å². The second-order valence-electron chi connectivity index (χ2n) is 3.81. The fourth-order valence-corrected chi connectivity index (χ4v) is 1.67. The van der Waals surface area contributed by atoms with E-state index in [2.05, 4.69) is 36.7 Å². The van der Waals surface area contributed by atoms with Gasteiger partial charge in [0.1, 0.15) is 0 Å². The molecule has 2 aromatic rings. The van der Waals surface area contributed by atoms with Crippen LogP contribution in [0.1, 0.15) is 11.3 Å². The molecule has 3 N–H and O–H groups in total. The molecule has 0 saturated heterocycles. The average Bonchev–Trinajstić information content (AvgIpc) is 2.77. The van der Waals surface area contributed by atoms with Gasteiger partial charge < -0.3 is 5.10 Å².